The summed E-state index contributed by atoms with van der Waals surface area (Å²) in [5, 5.41) is 17.5. The van der Waals surface area contributed by atoms with Crippen LogP contribution in [0, 0.1) is 11.6 Å². The van der Waals surface area contributed by atoms with E-state index in [2.05, 4.69) is 4.74 Å². The zero-order valence-corrected chi connectivity index (χ0v) is 7.70. The summed E-state index contributed by atoms with van der Waals surface area (Å²) in [7, 11) is 1.02. The number of aliphatic carboxylic acids is 1. The lowest BCUT2D eigenvalue weighted by atomic mass is 10.1. The second-order valence-corrected chi connectivity index (χ2v) is 2.78. The van der Waals surface area contributed by atoms with Gasteiger partial charge < -0.3 is 14.9 Å². The molecular weight excluding hydrogens is 210 g/mol. The first kappa shape index (κ1) is 11.4. The lowest BCUT2D eigenvalue weighted by molar-refractivity contribution is -0.149. The number of hydrogen-bond donors (Lipinski definition) is 2. The first-order valence-corrected chi connectivity index (χ1v) is 3.91. The van der Waals surface area contributed by atoms with E-state index >= 15 is 0 Å². The largest absolute Gasteiger partial charge is 0.508 e. The molecule has 0 aliphatic rings. The Morgan fingerprint density at radius 1 is 1.40 bits per heavy atom. The fourth-order valence-corrected chi connectivity index (χ4v) is 1.16. The zero-order valence-electron chi connectivity index (χ0n) is 7.70. The number of ether oxygens (including phenoxy) is 1. The van der Waals surface area contributed by atoms with Crippen molar-refractivity contribution in [3.63, 3.8) is 0 Å². The van der Waals surface area contributed by atoms with Gasteiger partial charge in [-0.15, -0.1) is 0 Å². The summed E-state index contributed by atoms with van der Waals surface area (Å²) in [4.78, 5) is 10.6. The second-order valence-electron chi connectivity index (χ2n) is 2.78. The normalized spacial score (nSPS) is 12.5. The molecule has 0 saturated heterocycles. The molecule has 1 atom stereocenters. The van der Waals surface area contributed by atoms with E-state index in [4.69, 9.17) is 10.2 Å². The number of phenols is 1. The summed E-state index contributed by atoms with van der Waals surface area (Å²) < 4.78 is 30.8. The fraction of sp³-hybridized carbons (Fsp3) is 0.222. The van der Waals surface area contributed by atoms with Crippen LogP contribution in [-0.2, 0) is 9.53 Å². The van der Waals surface area contributed by atoms with E-state index in [0.717, 1.165) is 7.11 Å². The minimum absolute atomic E-state index is 0.617. The number of carbonyl (C=O) groups is 1. The molecule has 0 saturated carbocycles. The number of rotatable bonds is 3. The molecule has 15 heavy (non-hydrogen) atoms. The van der Waals surface area contributed by atoms with Crippen LogP contribution >= 0.6 is 0 Å². The minimum Gasteiger partial charge on any atom is -0.508 e. The molecule has 6 heteroatoms. The Bertz CT molecular complexity index is 369. The molecule has 1 rings (SSSR count). The minimum atomic E-state index is -1.73. The molecule has 82 valence electrons. The topological polar surface area (TPSA) is 66.8 Å². The molecule has 1 unspecified atom stereocenters. The molecule has 0 heterocycles. The highest BCUT2D eigenvalue weighted by Crippen LogP contribution is 2.27. The average Bonchev–Trinajstić information content (AvgIpc) is 2.09. The average molecular weight is 218 g/mol. The summed E-state index contributed by atoms with van der Waals surface area (Å²) in [6, 6.07) is 1.24. The Hall–Kier alpha value is -1.69. The highest BCUT2D eigenvalue weighted by Gasteiger charge is 2.27. The van der Waals surface area contributed by atoms with E-state index in [0.29, 0.717) is 12.1 Å². The molecule has 0 aromatic heterocycles. The monoisotopic (exact) mass is 218 g/mol. The highest BCUT2D eigenvalue weighted by atomic mass is 19.1. The van der Waals surface area contributed by atoms with Crippen LogP contribution in [0.1, 0.15) is 11.7 Å². The van der Waals surface area contributed by atoms with Crippen molar-refractivity contribution in [1.82, 2.24) is 0 Å². The maximum absolute atomic E-state index is 13.2. The Morgan fingerprint density at radius 2 is 1.87 bits per heavy atom. The summed E-state index contributed by atoms with van der Waals surface area (Å²) in [5.41, 5.74) is -0.734. The van der Waals surface area contributed by atoms with E-state index < -0.39 is 35.0 Å². The zero-order chi connectivity index (χ0) is 11.6. The number of halogens is 2. The summed E-state index contributed by atoms with van der Waals surface area (Å²) >= 11 is 0. The van der Waals surface area contributed by atoms with Gasteiger partial charge in [0, 0.05) is 19.2 Å². The van der Waals surface area contributed by atoms with E-state index in [1.165, 1.54) is 0 Å². The van der Waals surface area contributed by atoms with Gasteiger partial charge in [-0.1, -0.05) is 0 Å². The molecule has 2 N–H and O–H groups in total. The fourth-order valence-electron chi connectivity index (χ4n) is 1.16. The highest BCUT2D eigenvalue weighted by molar-refractivity contribution is 5.74. The Kier molecular flexibility index (Phi) is 3.21. The summed E-state index contributed by atoms with van der Waals surface area (Å²) in [6.45, 7) is 0. The van der Waals surface area contributed by atoms with Crippen LogP contribution < -0.4 is 0 Å². The standard InChI is InChI=1S/C9H8F2O4/c1-15-8(9(13)14)7-5(10)2-4(12)3-6(7)11/h2-3,8,12H,1H3,(H,13,14). The maximum atomic E-state index is 13.2. The van der Waals surface area contributed by atoms with Gasteiger partial charge in [-0.3, -0.25) is 0 Å². The molecule has 1 aromatic carbocycles. The van der Waals surface area contributed by atoms with Gasteiger partial charge in [-0.25, -0.2) is 13.6 Å². The van der Waals surface area contributed by atoms with Crippen molar-refractivity contribution < 1.29 is 28.5 Å². The van der Waals surface area contributed by atoms with Gasteiger partial charge in [-0.05, 0) is 0 Å². The molecule has 1 aromatic rings. The third kappa shape index (κ3) is 2.21. The third-order valence-corrected chi connectivity index (χ3v) is 1.79. The summed E-state index contributed by atoms with van der Waals surface area (Å²) in [5.74, 6) is -4.46. The van der Waals surface area contributed by atoms with E-state index in [9.17, 15) is 13.6 Å². The number of phenolic OH excluding ortho intramolecular Hbond substituents is 1. The van der Waals surface area contributed by atoms with E-state index in [-0.39, 0.29) is 0 Å². The molecule has 0 aliphatic heterocycles. The molecule has 0 amide bonds. The van der Waals surface area contributed by atoms with Crippen LogP contribution in [-0.4, -0.2) is 23.3 Å². The van der Waals surface area contributed by atoms with Crippen LogP contribution in [0.15, 0.2) is 12.1 Å². The number of benzene rings is 1. The Morgan fingerprint density at radius 3 is 2.20 bits per heavy atom. The van der Waals surface area contributed by atoms with E-state index in [1.54, 1.807) is 0 Å². The van der Waals surface area contributed by atoms with Gasteiger partial charge >= 0.3 is 5.97 Å². The van der Waals surface area contributed by atoms with Crippen molar-refractivity contribution in [1.29, 1.82) is 0 Å². The van der Waals surface area contributed by atoms with Crippen molar-refractivity contribution in [2.75, 3.05) is 7.11 Å². The molecule has 0 aliphatic carbocycles. The van der Waals surface area contributed by atoms with Gasteiger partial charge in [0.2, 0.25) is 0 Å². The van der Waals surface area contributed by atoms with Gasteiger partial charge in [0.1, 0.15) is 17.4 Å². The number of carboxylic acids is 1. The molecule has 4 nitrogen and oxygen atoms in total. The van der Waals surface area contributed by atoms with Crippen LogP contribution in [0.4, 0.5) is 8.78 Å². The predicted molar refractivity (Wildman–Crippen MR) is 45.4 cm³/mol. The van der Waals surface area contributed by atoms with Crippen LogP contribution in [0.25, 0.3) is 0 Å². The van der Waals surface area contributed by atoms with Gasteiger partial charge in [0.05, 0.1) is 5.56 Å². The van der Waals surface area contributed by atoms with Crippen LogP contribution in [0.5, 0.6) is 5.75 Å². The number of methoxy groups -OCH3 is 1. The molecule has 0 spiro atoms. The number of carboxylic acid groups (broad SMARTS) is 1. The van der Waals surface area contributed by atoms with Gasteiger partial charge in [0.15, 0.2) is 6.10 Å². The van der Waals surface area contributed by atoms with Crippen LogP contribution in [0.3, 0.4) is 0 Å². The lowest BCUT2D eigenvalue weighted by Crippen LogP contribution is -2.16. The molecule has 0 radical (unpaired) electrons. The Labute approximate surface area is 83.7 Å². The Balaban J connectivity index is 3.29. The number of hydrogen-bond acceptors (Lipinski definition) is 3. The van der Waals surface area contributed by atoms with Crippen molar-refractivity contribution in [3.8, 4) is 5.75 Å². The van der Waals surface area contributed by atoms with Crippen molar-refractivity contribution >= 4 is 5.97 Å². The maximum Gasteiger partial charge on any atom is 0.337 e. The predicted octanol–water partition coefficient (Wildman–Crippen LogP) is 1.44. The quantitative estimate of drug-likeness (QED) is 0.805. The molecule has 0 bridgehead atoms. The van der Waals surface area contributed by atoms with Crippen molar-refractivity contribution in [3.05, 3.63) is 29.3 Å². The lowest BCUT2D eigenvalue weighted by Gasteiger charge is -2.12. The van der Waals surface area contributed by atoms with E-state index in [1.807, 2.05) is 0 Å². The van der Waals surface area contributed by atoms with Crippen molar-refractivity contribution in [2.45, 2.75) is 6.10 Å². The van der Waals surface area contributed by atoms with Gasteiger partial charge in [-0.2, -0.15) is 0 Å². The SMILES string of the molecule is COC(C(=O)O)c1c(F)cc(O)cc1F. The summed E-state index contributed by atoms with van der Waals surface area (Å²) in [6.07, 6.45) is -1.73. The smallest absolute Gasteiger partial charge is 0.337 e. The third-order valence-electron chi connectivity index (χ3n) is 1.79. The number of aromatic hydroxyl groups is 1. The first-order chi connectivity index (χ1) is 6.97. The second kappa shape index (κ2) is 4.22. The van der Waals surface area contributed by atoms with Crippen molar-refractivity contribution in [2.24, 2.45) is 0 Å². The molecule has 0 fully saturated rings. The van der Waals surface area contributed by atoms with Gasteiger partial charge in [0.25, 0.3) is 0 Å². The first-order valence-electron chi connectivity index (χ1n) is 3.91. The van der Waals surface area contributed by atoms with Crippen LogP contribution in [0.2, 0.25) is 0 Å². The molecular formula is C9H8F2O4.